The average Bonchev–Trinajstić information content (AvgIpc) is 3.28. The highest BCUT2D eigenvalue weighted by Gasteiger charge is 2.28. The van der Waals surface area contributed by atoms with Crippen LogP contribution in [-0.2, 0) is 0 Å². The van der Waals surface area contributed by atoms with Crippen LogP contribution in [0, 0.1) is 0 Å². The third-order valence-corrected chi connectivity index (χ3v) is 4.72. The van der Waals surface area contributed by atoms with Gasteiger partial charge in [0.2, 0.25) is 0 Å². The number of pyridine rings is 1. The van der Waals surface area contributed by atoms with Crippen molar-refractivity contribution in [3.63, 3.8) is 0 Å². The fourth-order valence-corrected chi connectivity index (χ4v) is 3.41. The Morgan fingerprint density at radius 2 is 2.04 bits per heavy atom. The average molecular weight is 321 g/mol. The summed E-state index contributed by atoms with van der Waals surface area (Å²) in [6.45, 7) is 0.756. The van der Waals surface area contributed by atoms with Crippen molar-refractivity contribution in [2.24, 2.45) is 0 Å². The Labute approximate surface area is 140 Å². The highest BCUT2D eigenvalue weighted by molar-refractivity contribution is 5.95. The van der Waals surface area contributed by atoms with Crippen LogP contribution in [-0.4, -0.2) is 44.7 Å². The van der Waals surface area contributed by atoms with Crippen molar-refractivity contribution < 1.29 is 9.90 Å². The molecule has 5 nitrogen and oxygen atoms in total. The fraction of sp³-hybridized carbons (Fsp3) is 0.263. The van der Waals surface area contributed by atoms with Crippen molar-refractivity contribution in [3.05, 3.63) is 60.4 Å². The van der Waals surface area contributed by atoms with Gasteiger partial charge in [-0.1, -0.05) is 18.2 Å². The molecule has 122 valence electrons. The van der Waals surface area contributed by atoms with E-state index in [1.807, 2.05) is 59.4 Å². The second-order valence-corrected chi connectivity index (χ2v) is 6.14. The molecule has 1 aliphatic rings. The van der Waals surface area contributed by atoms with Gasteiger partial charge in [-0.2, -0.15) is 5.10 Å². The predicted molar refractivity (Wildman–Crippen MR) is 91.8 cm³/mol. The van der Waals surface area contributed by atoms with E-state index in [1.165, 1.54) is 0 Å². The van der Waals surface area contributed by atoms with Crippen LogP contribution in [0.3, 0.4) is 0 Å². The molecule has 1 fully saturated rings. The van der Waals surface area contributed by atoms with E-state index < -0.39 is 0 Å². The molecule has 0 bridgehead atoms. The van der Waals surface area contributed by atoms with Gasteiger partial charge in [-0.25, -0.2) is 4.52 Å². The standard InChI is InChI=1S/C19H19N3O2/c23-13-16-4-3-10-21(16)19(24)15-8-6-14(7-9-15)17-12-20-22-11-2-1-5-18(17)22/h1-2,5-9,11-12,16,23H,3-4,10,13H2. The number of aliphatic hydroxyl groups is 1. The number of nitrogens with zero attached hydrogens (tertiary/aromatic N) is 3. The monoisotopic (exact) mass is 321 g/mol. The molecule has 4 rings (SSSR count). The molecular formula is C19H19N3O2. The highest BCUT2D eigenvalue weighted by Crippen LogP contribution is 2.26. The molecule has 2 aromatic heterocycles. The van der Waals surface area contributed by atoms with Crippen molar-refractivity contribution in [1.29, 1.82) is 0 Å². The highest BCUT2D eigenvalue weighted by atomic mass is 16.3. The largest absolute Gasteiger partial charge is 0.394 e. The smallest absolute Gasteiger partial charge is 0.254 e. The molecule has 3 heterocycles. The van der Waals surface area contributed by atoms with Gasteiger partial charge in [0.05, 0.1) is 24.4 Å². The zero-order chi connectivity index (χ0) is 16.5. The second kappa shape index (κ2) is 6.09. The summed E-state index contributed by atoms with van der Waals surface area (Å²) in [5.41, 5.74) is 3.78. The van der Waals surface area contributed by atoms with E-state index in [0.717, 1.165) is 36.0 Å². The number of aromatic nitrogens is 2. The quantitative estimate of drug-likeness (QED) is 0.807. The summed E-state index contributed by atoms with van der Waals surface area (Å²) in [6, 6.07) is 13.5. The normalized spacial score (nSPS) is 17.5. The van der Waals surface area contributed by atoms with Crippen LogP contribution in [0.5, 0.6) is 0 Å². The van der Waals surface area contributed by atoms with Gasteiger partial charge in [-0.15, -0.1) is 0 Å². The van der Waals surface area contributed by atoms with E-state index in [4.69, 9.17) is 0 Å². The van der Waals surface area contributed by atoms with Gasteiger partial charge < -0.3 is 10.0 Å². The molecule has 24 heavy (non-hydrogen) atoms. The summed E-state index contributed by atoms with van der Waals surface area (Å²) < 4.78 is 1.84. The fourth-order valence-electron chi connectivity index (χ4n) is 3.41. The summed E-state index contributed by atoms with van der Waals surface area (Å²) in [5, 5.41) is 13.7. The molecule has 1 N–H and O–H groups in total. The number of benzene rings is 1. The minimum absolute atomic E-state index is 0.00189. The number of aliphatic hydroxyl groups excluding tert-OH is 1. The number of fused-ring (bicyclic) bond motifs is 1. The molecule has 0 radical (unpaired) electrons. The molecular weight excluding hydrogens is 302 g/mol. The zero-order valence-corrected chi connectivity index (χ0v) is 13.3. The van der Waals surface area contributed by atoms with Gasteiger partial charge in [0.15, 0.2) is 0 Å². The van der Waals surface area contributed by atoms with Crippen LogP contribution >= 0.6 is 0 Å². The van der Waals surface area contributed by atoms with E-state index in [9.17, 15) is 9.90 Å². The van der Waals surface area contributed by atoms with Crippen LogP contribution in [0.1, 0.15) is 23.2 Å². The van der Waals surface area contributed by atoms with Gasteiger partial charge in [0.1, 0.15) is 0 Å². The van der Waals surface area contributed by atoms with Crippen LogP contribution in [0.4, 0.5) is 0 Å². The summed E-state index contributed by atoms with van der Waals surface area (Å²) in [4.78, 5) is 14.4. The van der Waals surface area contributed by atoms with Gasteiger partial charge in [-0.05, 0) is 42.7 Å². The number of amides is 1. The molecule has 0 aliphatic carbocycles. The number of likely N-dealkylation sites (tertiary alicyclic amines) is 1. The summed E-state index contributed by atoms with van der Waals surface area (Å²) in [6.07, 6.45) is 5.59. The number of rotatable bonds is 3. The minimum atomic E-state index is -0.0446. The van der Waals surface area contributed by atoms with Crippen LogP contribution in [0.2, 0.25) is 0 Å². The summed E-state index contributed by atoms with van der Waals surface area (Å²) >= 11 is 0. The van der Waals surface area contributed by atoms with Crippen molar-refractivity contribution in [1.82, 2.24) is 14.5 Å². The maximum Gasteiger partial charge on any atom is 0.254 e. The van der Waals surface area contributed by atoms with Gasteiger partial charge >= 0.3 is 0 Å². The van der Waals surface area contributed by atoms with E-state index in [-0.39, 0.29) is 18.6 Å². The topological polar surface area (TPSA) is 57.8 Å². The van der Waals surface area contributed by atoms with E-state index in [1.54, 1.807) is 4.90 Å². The molecule has 1 atom stereocenters. The Morgan fingerprint density at radius 1 is 1.21 bits per heavy atom. The van der Waals surface area contributed by atoms with E-state index in [2.05, 4.69) is 5.10 Å². The first-order valence-electron chi connectivity index (χ1n) is 8.22. The van der Waals surface area contributed by atoms with Gasteiger partial charge in [-0.3, -0.25) is 4.79 Å². The van der Waals surface area contributed by atoms with Gasteiger partial charge in [0.25, 0.3) is 5.91 Å². The van der Waals surface area contributed by atoms with Crippen LogP contribution < -0.4 is 0 Å². The molecule has 1 amide bonds. The van der Waals surface area contributed by atoms with Gasteiger partial charge in [0, 0.05) is 23.9 Å². The van der Waals surface area contributed by atoms with Crippen molar-refractivity contribution in [2.45, 2.75) is 18.9 Å². The van der Waals surface area contributed by atoms with Crippen LogP contribution in [0.25, 0.3) is 16.6 Å². The van der Waals surface area contributed by atoms with E-state index >= 15 is 0 Å². The first-order chi connectivity index (χ1) is 11.8. The lowest BCUT2D eigenvalue weighted by Gasteiger charge is -2.23. The number of carbonyl (C=O) groups excluding carboxylic acids is 1. The first kappa shape index (κ1) is 14.9. The zero-order valence-electron chi connectivity index (χ0n) is 13.3. The van der Waals surface area contributed by atoms with Crippen molar-refractivity contribution >= 4 is 11.4 Å². The molecule has 1 unspecified atom stereocenters. The maximum atomic E-state index is 12.6. The van der Waals surface area contributed by atoms with Crippen molar-refractivity contribution in [3.8, 4) is 11.1 Å². The maximum absolute atomic E-state index is 12.6. The SMILES string of the molecule is O=C(c1ccc(-c2cnn3ccccc23)cc1)N1CCCC1CO. The molecule has 3 aromatic rings. The van der Waals surface area contributed by atoms with Crippen molar-refractivity contribution in [2.75, 3.05) is 13.2 Å². The Hall–Kier alpha value is -2.66. The molecule has 1 aliphatic heterocycles. The Balaban J connectivity index is 1.62. The lowest BCUT2D eigenvalue weighted by atomic mass is 10.0. The lowest BCUT2D eigenvalue weighted by molar-refractivity contribution is 0.0677. The van der Waals surface area contributed by atoms with Crippen LogP contribution in [0.15, 0.2) is 54.9 Å². The molecule has 5 heteroatoms. The number of carbonyl (C=O) groups is 1. The summed E-state index contributed by atoms with van der Waals surface area (Å²) in [7, 11) is 0. The first-order valence-corrected chi connectivity index (χ1v) is 8.22. The Morgan fingerprint density at radius 3 is 2.83 bits per heavy atom. The molecule has 0 saturated carbocycles. The van der Waals surface area contributed by atoms with E-state index in [0.29, 0.717) is 5.56 Å². The Kier molecular flexibility index (Phi) is 3.78. The molecule has 1 aromatic carbocycles. The Bertz CT molecular complexity index is 870. The second-order valence-electron chi connectivity index (χ2n) is 6.14. The minimum Gasteiger partial charge on any atom is -0.394 e. The number of hydrogen-bond acceptors (Lipinski definition) is 3. The molecule has 1 saturated heterocycles. The summed E-state index contributed by atoms with van der Waals surface area (Å²) in [5.74, 6) is -0.00189. The third-order valence-electron chi connectivity index (χ3n) is 4.72. The lowest BCUT2D eigenvalue weighted by Crippen LogP contribution is -2.37. The third kappa shape index (κ3) is 2.47. The molecule has 0 spiro atoms. The number of hydrogen-bond donors (Lipinski definition) is 1. The predicted octanol–water partition coefficient (Wildman–Crippen LogP) is 2.60.